The smallest absolute Gasteiger partial charge is 0.0419 e. The van der Waals surface area contributed by atoms with Gasteiger partial charge in [0.15, 0.2) is 0 Å². The Labute approximate surface area is 98.4 Å². The Hall–Kier alpha value is -1.02. The third kappa shape index (κ3) is 2.56. The molecule has 1 atom stereocenters. The van der Waals surface area contributed by atoms with Gasteiger partial charge in [-0.25, -0.2) is 0 Å². The zero-order valence-corrected chi connectivity index (χ0v) is 10.3. The third-order valence-electron chi connectivity index (χ3n) is 3.30. The molecule has 1 aromatic rings. The van der Waals surface area contributed by atoms with E-state index in [0.717, 1.165) is 13.1 Å². The summed E-state index contributed by atoms with van der Waals surface area (Å²) in [5.41, 5.74) is 4.26. The van der Waals surface area contributed by atoms with Crippen LogP contribution in [-0.2, 0) is 13.0 Å². The molecule has 0 fully saturated rings. The van der Waals surface area contributed by atoms with Gasteiger partial charge in [-0.3, -0.25) is 0 Å². The summed E-state index contributed by atoms with van der Waals surface area (Å²) in [6.45, 7) is 6.58. The van der Waals surface area contributed by atoms with E-state index in [0.29, 0.717) is 6.04 Å². The van der Waals surface area contributed by atoms with Gasteiger partial charge in [-0.1, -0.05) is 31.5 Å². The Balaban J connectivity index is 1.97. The topological polar surface area (TPSA) is 24.1 Å². The molecule has 0 aliphatic carbocycles. The Kier molecular flexibility index (Phi) is 3.83. The van der Waals surface area contributed by atoms with Gasteiger partial charge in [-0.2, -0.15) is 0 Å². The normalized spacial score (nSPS) is 15.6. The monoisotopic (exact) mass is 218 g/mol. The van der Waals surface area contributed by atoms with Crippen molar-refractivity contribution in [2.45, 2.75) is 45.7 Å². The second-order valence-corrected chi connectivity index (χ2v) is 4.70. The molecule has 88 valence electrons. The Morgan fingerprint density at radius 1 is 1.44 bits per heavy atom. The van der Waals surface area contributed by atoms with E-state index in [1.807, 2.05) is 0 Å². The van der Waals surface area contributed by atoms with Crippen molar-refractivity contribution in [3.8, 4) is 0 Å². The lowest BCUT2D eigenvalue weighted by atomic mass is 10.1. The summed E-state index contributed by atoms with van der Waals surface area (Å²) < 4.78 is 0. The summed E-state index contributed by atoms with van der Waals surface area (Å²) in [6.07, 6.45) is 3.68. The molecular formula is C14H22N2. The number of nitrogens with one attached hydrogen (secondary N) is 2. The number of rotatable bonds is 5. The Bertz CT molecular complexity index is 347. The Morgan fingerprint density at radius 2 is 2.31 bits per heavy atom. The molecule has 0 radical (unpaired) electrons. The summed E-state index contributed by atoms with van der Waals surface area (Å²) in [6, 6.07) is 7.24. The second-order valence-electron chi connectivity index (χ2n) is 4.70. The van der Waals surface area contributed by atoms with Crippen molar-refractivity contribution in [2.24, 2.45) is 0 Å². The van der Waals surface area contributed by atoms with Crippen LogP contribution in [0.1, 0.15) is 37.8 Å². The molecule has 0 aromatic heterocycles. The number of benzene rings is 1. The molecule has 0 amide bonds. The van der Waals surface area contributed by atoms with Gasteiger partial charge in [-0.15, -0.1) is 0 Å². The maximum Gasteiger partial charge on any atom is 0.0419 e. The number of anilines is 1. The average Bonchev–Trinajstić information content (AvgIpc) is 2.75. The predicted molar refractivity (Wildman–Crippen MR) is 69.8 cm³/mol. The molecule has 16 heavy (non-hydrogen) atoms. The molecule has 0 saturated heterocycles. The first-order chi connectivity index (χ1) is 7.81. The lowest BCUT2D eigenvalue weighted by Crippen LogP contribution is -2.25. The van der Waals surface area contributed by atoms with Crippen LogP contribution in [0.25, 0.3) is 0 Å². The van der Waals surface area contributed by atoms with E-state index in [-0.39, 0.29) is 0 Å². The van der Waals surface area contributed by atoms with E-state index >= 15 is 0 Å². The fourth-order valence-electron chi connectivity index (χ4n) is 2.38. The van der Waals surface area contributed by atoms with Crippen molar-refractivity contribution in [1.29, 1.82) is 0 Å². The molecule has 2 nitrogen and oxygen atoms in total. The first-order valence-electron chi connectivity index (χ1n) is 6.39. The molecule has 0 saturated carbocycles. The van der Waals surface area contributed by atoms with Gasteiger partial charge in [-0.05, 0) is 30.9 Å². The highest BCUT2D eigenvalue weighted by Gasteiger charge is 2.13. The molecule has 2 heteroatoms. The zero-order valence-electron chi connectivity index (χ0n) is 10.3. The Morgan fingerprint density at radius 3 is 3.12 bits per heavy atom. The number of hydrogen-bond donors (Lipinski definition) is 2. The zero-order chi connectivity index (χ0) is 11.4. The minimum atomic E-state index is 0.613. The summed E-state index contributed by atoms with van der Waals surface area (Å²) in [7, 11) is 0. The maximum absolute atomic E-state index is 3.59. The molecule has 1 unspecified atom stereocenters. The lowest BCUT2D eigenvalue weighted by molar-refractivity contribution is 0.509. The molecule has 1 aliphatic heterocycles. The largest absolute Gasteiger partial charge is 0.384 e. The highest BCUT2D eigenvalue weighted by Crippen LogP contribution is 2.26. The number of fused-ring (bicyclic) bond motifs is 1. The van der Waals surface area contributed by atoms with Crippen molar-refractivity contribution < 1.29 is 0 Å². The highest BCUT2D eigenvalue weighted by atomic mass is 14.9. The van der Waals surface area contributed by atoms with E-state index in [1.54, 1.807) is 0 Å². The first kappa shape index (κ1) is 11.5. The summed E-state index contributed by atoms with van der Waals surface area (Å²) in [4.78, 5) is 0. The van der Waals surface area contributed by atoms with Crippen LogP contribution in [0.5, 0.6) is 0 Å². The van der Waals surface area contributed by atoms with Crippen LogP contribution in [0.15, 0.2) is 18.2 Å². The summed E-state index contributed by atoms with van der Waals surface area (Å²) in [5, 5.41) is 7.07. The van der Waals surface area contributed by atoms with Crippen LogP contribution in [0.4, 0.5) is 5.69 Å². The third-order valence-corrected chi connectivity index (χ3v) is 3.30. The predicted octanol–water partition coefficient (Wildman–Crippen LogP) is 2.93. The standard InChI is InChI=1S/C14H22N2/c1-3-5-11(2)16-10-13-7-4-6-12-8-9-15-14(12)13/h4,6-7,11,15-16H,3,5,8-10H2,1-2H3. The van der Waals surface area contributed by atoms with E-state index in [9.17, 15) is 0 Å². The number of para-hydroxylation sites is 1. The lowest BCUT2D eigenvalue weighted by Gasteiger charge is -2.15. The van der Waals surface area contributed by atoms with Crippen LogP contribution in [-0.4, -0.2) is 12.6 Å². The van der Waals surface area contributed by atoms with E-state index < -0.39 is 0 Å². The van der Waals surface area contributed by atoms with Gasteiger partial charge in [0.25, 0.3) is 0 Å². The van der Waals surface area contributed by atoms with Gasteiger partial charge in [0.05, 0.1) is 0 Å². The van der Waals surface area contributed by atoms with Crippen molar-refractivity contribution in [3.63, 3.8) is 0 Å². The summed E-state index contributed by atoms with van der Waals surface area (Å²) in [5.74, 6) is 0. The SMILES string of the molecule is CCCC(C)NCc1cccc2c1NCC2. The molecule has 2 rings (SSSR count). The number of hydrogen-bond acceptors (Lipinski definition) is 2. The molecular weight excluding hydrogens is 196 g/mol. The molecule has 0 spiro atoms. The molecule has 1 heterocycles. The van der Waals surface area contributed by atoms with E-state index in [1.165, 1.54) is 36.1 Å². The van der Waals surface area contributed by atoms with E-state index in [4.69, 9.17) is 0 Å². The summed E-state index contributed by atoms with van der Waals surface area (Å²) >= 11 is 0. The fraction of sp³-hybridized carbons (Fsp3) is 0.571. The van der Waals surface area contributed by atoms with E-state index in [2.05, 4.69) is 42.7 Å². The minimum Gasteiger partial charge on any atom is -0.384 e. The van der Waals surface area contributed by atoms with Gasteiger partial charge in [0, 0.05) is 24.8 Å². The van der Waals surface area contributed by atoms with Gasteiger partial charge in [0.1, 0.15) is 0 Å². The van der Waals surface area contributed by atoms with Crippen molar-refractivity contribution in [3.05, 3.63) is 29.3 Å². The van der Waals surface area contributed by atoms with Crippen molar-refractivity contribution in [1.82, 2.24) is 5.32 Å². The average molecular weight is 218 g/mol. The first-order valence-corrected chi connectivity index (χ1v) is 6.39. The minimum absolute atomic E-state index is 0.613. The second kappa shape index (κ2) is 5.35. The molecule has 2 N–H and O–H groups in total. The van der Waals surface area contributed by atoms with Crippen molar-refractivity contribution >= 4 is 5.69 Å². The van der Waals surface area contributed by atoms with Crippen LogP contribution in [0, 0.1) is 0 Å². The quantitative estimate of drug-likeness (QED) is 0.794. The highest BCUT2D eigenvalue weighted by molar-refractivity contribution is 5.61. The molecule has 1 aliphatic rings. The molecule has 0 bridgehead atoms. The van der Waals surface area contributed by atoms with Gasteiger partial charge in [0.2, 0.25) is 0 Å². The van der Waals surface area contributed by atoms with Crippen LogP contribution in [0.3, 0.4) is 0 Å². The molecule has 1 aromatic carbocycles. The van der Waals surface area contributed by atoms with Crippen LogP contribution < -0.4 is 10.6 Å². The van der Waals surface area contributed by atoms with Crippen LogP contribution >= 0.6 is 0 Å². The van der Waals surface area contributed by atoms with Crippen LogP contribution in [0.2, 0.25) is 0 Å². The fourth-order valence-corrected chi connectivity index (χ4v) is 2.38. The van der Waals surface area contributed by atoms with Crippen molar-refractivity contribution in [2.75, 3.05) is 11.9 Å². The van der Waals surface area contributed by atoms with Gasteiger partial charge >= 0.3 is 0 Å². The van der Waals surface area contributed by atoms with Gasteiger partial charge < -0.3 is 10.6 Å². The maximum atomic E-state index is 3.59.